The maximum Gasteiger partial charge on any atom is 1.00 e. The Kier molecular flexibility index (Phi) is 37.5. The van der Waals surface area contributed by atoms with Gasteiger partial charge in [0.2, 0.25) is 0 Å². The second-order valence-electron chi connectivity index (χ2n) is 14.1. The smallest absolute Gasteiger partial charge is 1.00 e. The zero-order valence-electron chi connectivity index (χ0n) is 33.3. The summed E-state index contributed by atoms with van der Waals surface area (Å²) < 4.78 is 14.2. The molecule has 0 aliphatic carbocycles. The number of phenolic OH excluding ortho intramolecular Hbond substituents is 1. The van der Waals surface area contributed by atoms with Gasteiger partial charge in [0.05, 0.1) is 41.7 Å². The van der Waals surface area contributed by atoms with Crippen LogP contribution in [0.25, 0.3) is 0 Å². The Morgan fingerprint density at radius 1 is 0.648 bits per heavy atom. The van der Waals surface area contributed by atoms with Crippen molar-refractivity contribution in [1.82, 2.24) is 0 Å². The third-order valence-corrected chi connectivity index (χ3v) is 10.5. The monoisotopic (exact) mass is 1180 g/mol. The molecule has 3 rings (SSSR count). The van der Waals surface area contributed by atoms with Crippen LogP contribution in [-0.2, 0) is 25.9 Å². The predicted molar refractivity (Wildman–Crippen MR) is 238 cm³/mol. The number of hydrogen-bond donors (Lipinski definition) is 1. The van der Waals surface area contributed by atoms with Crippen LogP contribution < -0.4 is 118 Å². The molecule has 1 N–H and O–H groups in total. The Balaban J connectivity index is -0.000000267. The Morgan fingerprint density at radius 3 is 1.17 bits per heavy atom. The maximum absolute atomic E-state index is 9.42. The standard InChI is InChI=1S/C23H28Br2Cl2O2.C10H12BrClO.C3H6Br2.CH2O3.CH4.2K.H/c1-22(2,3)14-10-16(24)20(18(26)12-14)28-8-7-9-29-21-17(25)11-15(13-19(21)27)23(4,5)6;1-10(2,3)6-4-7(11)9(13)8(12)5-6;4-2-1-3-5;2-1-4-3;;;;/h10-13H,7-9H2,1-6H3;4-5,13H,1-3H3;1-3H2;1,3H;1H4;;;/q;;;;;2*+1;-1/p-1. The molecule has 0 aliphatic heterocycles. The molecular formula is C38H52Br5Cl3K2O6. The van der Waals surface area contributed by atoms with Crippen molar-refractivity contribution in [3.63, 3.8) is 0 Å². The molecule has 16 heteroatoms. The summed E-state index contributed by atoms with van der Waals surface area (Å²) >= 11 is 35.7. The first-order valence-corrected chi connectivity index (χ1v) is 21.5. The summed E-state index contributed by atoms with van der Waals surface area (Å²) in [5.74, 6) is 1.43. The van der Waals surface area contributed by atoms with E-state index in [-0.39, 0.29) is 140 Å². The summed E-state index contributed by atoms with van der Waals surface area (Å²) in [5.41, 5.74) is 3.50. The van der Waals surface area contributed by atoms with E-state index >= 15 is 0 Å². The van der Waals surface area contributed by atoms with Crippen molar-refractivity contribution in [3.8, 4) is 17.2 Å². The molecule has 0 radical (unpaired) electrons. The molecular weight excluding hydrogens is 1140 g/mol. The van der Waals surface area contributed by atoms with Crippen molar-refractivity contribution in [2.24, 2.45) is 0 Å². The van der Waals surface area contributed by atoms with Crippen LogP contribution in [0.3, 0.4) is 0 Å². The van der Waals surface area contributed by atoms with Gasteiger partial charge in [-0.05, 0) is 124 Å². The fourth-order valence-corrected chi connectivity index (χ4v) is 7.75. The third kappa shape index (κ3) is 25.1. The molecule has 0 saturated heterocycles. The number of carbonyl (C=O) groups is 1. The topological polar surface area (TPSA) is 88.0 Å². The van der Waals surface area contributed by atoms with Gasteiger partial charge in [-0.2, -0.15) is 0 Å². The number of ether oxygens (including phenoxy) is 2. The Bertz CT molecular complexity index is 1400. The minimum Gasteiger partial charge on any atom is -1.00 e. The molecule has 0 atom stereocenters. The first-order chi connectivity index (χ1) is 23.5. The summed E-state index contributed by atoms with van der Waals surface area (Å²) in [6, 6.07) is 11.7. The predicted octanol–water partition coefficient (Wildman–Crippen LogP) is 8.42. The quantitative estimate of drug-likeness (QED) is 0.0579. The number of halogens is 8. The maximum atomic E-state index is 9.42. The van der Waals surface area contributed by atoms with E-state index in [1.807, 2.05) is 18.2 Å². The zero-order chi connectivity index (χ0) is 39.7. The second-order valence-corrected chi connectivity index (χ2v) is 19.4. The first kappa shape index (κ1) is 63.7. The molecule has 298 valence electrons. The molecule has 3 aromatic carbocycles. The van der Waals surface area contributed by atoms with Crippen LogP contribution in [0.1, 0.15) is 101 Å². The van der Waals surface area contributed by atoms with Gasteiger partial charge in [0.1, 0.15) is 5.75 Å². The summed E-state index contributed by atoms with van der Waals surface area (Å²) in [6.07, 6.45) is 1.92. The van der Waals surface area contributed by atoms with Crippen molar-refractivity contribution in [1.29, 1.82) is 0 Å². The van der Waals surface area contributed by atoms with Gasteiger partial charge in [0.15, 0.2) is 11.5 Å². The third-order valence-electron chi connectivity index (χ3n) is 6.70. The fraction of sp³-hybridized carbons (Fsp3) is 0.500. The Hall–Kier alpha value is 3.03. The molecule has 0 aromatic heterocycles. The first-order valence-electron chi connectivity index (χ1n) is 15.7. The van der Waals surface area contributed by atoms with Crippen molar-refractivity contribution in [2.75, 3.05) is 23.9 Å². The van der Waals surface area contributed by atoms with Gasteiger partial charge in [0.25, 0.3) is 6.47 Å². The van der Waals surface area contributed by atoms with Crippen LogP contribution in [0.2, 0.25) is 15.1 Å². The molecule has 0 saturated carbocycles. The minimum atomic E-state index is -0.181. The van der Waals surface area contributed by atoms with Crippen molar-refractivity contribution >= 4 is 121 Å². The number of phenols is 1. The van der Waals surface area contributed by atoms with Crippen LogP contribution in [0.5, 0.6) is 17.2 Å². The van der Waals surface area contributed by atoms with Crippen molar-refractivity contribution in [2.45, 2.75) is 98.8 Å². The van der Waals surface area contributed by atoms with Crippen LogP contribution in [0.15, 0.2) is 49.8 Å². The second kappa shape index (κ2) is 31.8. The van der Waals surface area contributed by atoms with E-state index in [1.165, 1.54) is 6.42 Å². The summed E-state index contributed by atoms with van der Waals surface area (Å²) in [4.78, 5) is 11.2. The SMILES string of the molecule is BrCCCBr.C.CC(C)(C)c1cc(Cl)c(O)c(Br)c1.CC(C)(C)c1cc(Cl)c(OCCCOc2c(Cl)cc(C(C)(C)C)cc2Br)c(Br)c1.O=CO[O-].[H-].[K+].[K+]. The van der Waals surface area contributed by atoms with Gasteiger partial charge in [-0.3, -0.25) is 4.79 Å². The van der Waals surface area contributed by atoms with E-state index in [0.717, 1.165) is 36.3 Å². The van der Waals surface area contributed by atoms with Gasteiger partial charge in [-0.25, -0.2) is 0 Å². The molecule has 0 aliphatic rings. The van der Waals surface area contributed by atoms with Gasteiger partial charge in [0, 0.05) is 17.1 Å². The van der Waals surface area contributed by atoms with Crippen LogP contribution >= 0.6 is 114 Å². The van der Waals surface area contributed by atoms with Gasteiger partial charge in [-0.15, -0.1) is 0 Å². The summed E-state index contributed by atoms with van der Waals surface area (Å²) in [6.45, 7) is 20.0. The molecule has 0 heterocycles. The van der Waals surface area contributed by atoms with E-state index in [0.29, 0.717) is 50.7 Å². The summed E-state index contributed by atoms with van der Waals surface area (Å²) in [5, 5.41) is 21.7. The number of benzene rings is 3. The van der Waals surface area contributed by atoms with Gasteiger partial charge in [-0.1, -0.05) is 136 Å². The molecule has 0 spiro atoms. The van der Waals surface area contributed by atoms with E-state index in [4.69, 9.17) is 54.3 Å². The van der Waals surface area contributed by atoms with Crippen LogP contribution in [-0.4, -0.2) is 35.5 Å². The fourth-order valence-electron chi connectivity index (χ4n) is 3.72. The van der Waals surface area contributed by atoms with Crippen molar-refractivity contribution in [3.05, 3.63) is 81.6 Å². The molecule has 6 nitrogen and oxygen atoms in total. The average Bonchev–Trinajstić information content (AvgIpc) is 3.01. The molecule has 54 heavy (non-hydrogen) atoms. The average molecular weight is 1190 g/mol. The molecule has 3 aromatic rings. The van der Waals surface area contributed by atoms with Crippen molar-refractivity contribution < 1.29 is 134 Å². The van der Waals surface area contributed by atoms with Crippen LogP contribution in [0.4, 0.5) is 0 Å². The van der Waals surface area contributed by atoms with E-state index < -0.39 is 0 Å². The van der Waals surface area contributed by atoms with Gasteiger partial charge < -0.3 is 26.2 Å². The number of carbonyl (C=O) groups excluding carboxylic acids is 1. The largest absolute Gasteiger partial charge is 1.00 e. The minimum absolute atomic E-state index is 0. The Morgan fingerprint density at radius 2 is 0.944 bits per heavy atom. The van der Waals surface area contributed by atoms with E-state index in [1.54, 1.807) is 6.07 Å². The molecule has 0 unspecified atom stereocenters. The van der Waals surface area contributed by atoms with Crippen LogP contribution in [0, 0.1) is 0 Å². The van der Waals surface area contributed by atoms with Gasteiger partial charge >= 0.3 is 103 Å². The van der Waals surface area contributed by atoms with E-state index in [9.17, 15) is 5.11 Å². The Labute approximate surface area is 467 Å². The number of aromatic hydroxyl groups is 1. The zero-order valence-corrected chi connectivity index (χ0v) is 48.7. The van der Waals surface area contributed by atoms with E-state index in [2.05, 4.69) is 159 Å². The normalized spacial score (nSPS) is 10.6. The molecule has 0 amide bonds. The molecule has 0 bridgehead atoms. The number of hydrogen-bond acceptors (Lipinski definition) is 6. The number of rotatable bonds is 9. The molecule has 0 fully saturated rings. The number of alkyl halides is 2. The summed E-state index contributed by atoms with van der Waals surface area (Å²) in [7, 11) is 0.